The van der Waals surface area contributed by atoms with Crippen LogP contribution < -0.4 is 11.1 Å². The summed E-state index contributed by atoms with van der Waals surface area (Å²) in [6.07, 6.45) is 1.24. The fourth-order valence-corrected chi connectivity index (χ4v) is 1.66. The van der Waals surface area contributed by atoms with E-state index < -0.39 is 6.10 Å². The predicted molar refractivity (Wildman–Crippen MR) is 74.0 cm³/mol. The van der Waals surface area contributed by atoms with Crippen molar-refractivity contribution in [3.05, 3.63) is 30.5 Å². The zero-order chi connectivity index (χ0) is 12.3. The Hall–Kier alpha value is -1.56. The van der Waals surface area contributed by atoms with Crippen molar-refractivity contribution in [2.24, 2.45) is 5.73 Å². The van der Waals surface area contributed by atoms with E-state index in [0.717, 1.165) is 16.6 Å². The van der Waals surface area contributed by atoms with Gasteiger partial charge in [-0.25, -0.2) is 0 Å². The van der Waals surface area contributed by atoms with Crippen LogP contribution in [0.5, 0.6) is 0 Å². The first-order valence-electron chi connectivity index (χ1n) is 5.35. The summed E-state index contributed by atoms with van der Waals surface area (Å²) in [5.41, 5.74) is 7.19. The Labute approximate surface area is 111 Å². The summed E-state index contributed by atoms with van der Waals surface area (Å²) < 4.78 is 4.96. The van der Waals surface area contributed by atoms with E-state index in [9.17, 15) is 4.79 Å². The summed E-state index contributed by atoms with van der Waals surface area (Å²) >= 11 is 0. The van der Waals surface area contributed by atoms with Gasteiger partial charge in [0.05, 0.1) is 0 Å². The van der Waals surface area contributed by atoms with Crippen LogP contribution in [0, 0.1) is 0 Å². The van der Waals surface area contributed by atoms with E-state index in [4.69, 9.17) is 10.5 Å². The van der Waals surface area contributed by atoms with Crippen LogP contribution in [-0.2, 0) is 9.53 Å². The zero-order valence-electron chi connectivity index (χ0n) is 9.97. The molecule has 1 amide bonds. The maximum Gasteiger partial charge on any atom is 0.254 e. The molecule has 1 aromatic carbocycles. The largest absolute Gasteiger partial charge is 0.370 e. The second kappa shape index (κ2) is 6.39. The Kier molecular flexibility index (Phi) is 5.15. The molecule has 0 fully saturated rings. The maximum absolute atomic E-state index is 11.7. The topological polar surface area (TPSA) is 80.1 Å². The van der Waals surface area contributed by atoms with E-state index in [-0.39, 0.29) is 24.9 Å². The van der Waals surface area contributed by atoms with Gasteiger partial charge in [0, 0.05) is 36.4 Å². The van der Waals surface area contributed by atoms with Crippen LogP contribution in [0.2, 0.25) is 0 Å². The molecule has 0 bridgehead atoms. The van der Waals surface area contributed by atoms with Crippen molar-refractivity contribution in [3.63, 3.8) is 0 Å². The van der Waals surface area contributed by atoms with E-state index in [1.807, 2.05) is 30.5 Å². The molecular formula is C12H16ClN3O2. The molecular weight excluding hydrogens is 254 g/mol. The molecule has 1 unspecified atom stereocenters. The lowest BCUT2D eigenvalue weighted by Gasteiger charge is -2.12. The van der Waals surface area contributed by atoms with Gasteiger partial charge in [-0.2, -0.15) is 0 Å². The lowest BCUT2D eigenvalue weighted by molar-refractivity contribution is -0.125. The van der Waals surface area contributed by atoms with Crippen molar-refractivity contribution >= 4 is 34.9 Å². The summed E-state index contributed by atoms with van der Waals surface area (Å²) in [7, 11) is 1.46. The first-order valence-corrected chi connectivity index (χ1v) is 5.35. The number of rotatable bonds is 4. The van der Waals surface area contributed by atoms with Crippen LogP contribution in [0.15, 0.2) is 30.5 Å². The second-order valence-corrected chi connectivity index (χ2v) is 3.73. The Morgan fingerprint density at radius 1 is 1.50 bits per heavy atom. The minimum atomic E-state index is -0.614. The highest BCUT2D eigenvalue weighted by Crippen LogP contribution is 2.17. The maximum atomic E-state index is 11.7. The van der Waals surface area contributed by atoms with Crippen molar-refractivity contribution < 1.29 is 9.53 Å². The summed E-state index contributed by atoms with van der Waals surface area (Å²) in [4.78, 5) is 14.8. The molecule has 6 heteroatoms. The van der Waals surface area contributed by atoms with Crippen LogP contribution in [0.4, 0.5) is 5.69 Å². The van der Waals surface area contributed by atoms with E-state index in [1.165, 1.54) is 7.11 Å². The number of amides is 1. The fourth-order valence-electron chi connectivity index (χ4n) is 1.66. The van der Waals surface area contributed by atoms with Gasteiger partial charge in [-0.3, -0.25) is 4.79 Å². The average molecular weight is 270 g/mol. The van der Waals surface area contributed by atoms with Gasteiger partial charge in [0.2, 0.25) is 0 Å². The van der Waals surface area contributed by atoms with Gasteiger partial charge < -0.3 is 20.8 Å². The second-order valence-electron chi connectivity index (χ2n) is 3.73. The molecule has 2 rings (SSSR count). The highest BCUT2D eigenvalue weighted by molar-refractivity contribution is 5.96. The van der Waals surface area contributed by atoms with Crippen molar-refractivity contribution in [2.45, 2.75) is 6.10 Å². The molecule has 0 aliphatic carbocycles. The monoisotopic (exact) mass is 269 g/mol. The number of nitrogens with two attached hydrogens (primary N) is 1. The number of aromatic amines is 1. The number of hydrogen-bond acceptors (Lipinski definition) is 3. The molecule has 1 atom stereocenters. The summed E-state index contributed by atoms with van der Waals surface area (Å²) in [5, 5.41) is 3.81. The normalized spacial score (nSPS) is 11.9. The minimum absolute atomic E-state index is 0. The number of fused-ring (bicyclic) bond motifs is 1. The number of carbonyl (C=O) groups excluding carboxylic acids is 1. The Bertz CT molecular complexity index is 523. The number of carbonyl (C=O) groups is 1. The fraction of sp³-hybridized carbons (Fsp3) is 0.250. The molecule has 0 spiro atoms. The van der Waals surface area contributed by atoms with Gasteiger partial charge in [-0.1, -0.05) is 0 Å². The van der Waals surface area contributed by atoms with Crippen LogP contribution in [0.25, 0.3) is 10.9 Å². The lowest BCUT2D eigenvalue weighted by atomic mass is 10.2. The van der Waals surface area contributed by atoms with Crippen LogP contribution in [0.3, 0.4) is 0 Å². The van der Waals surface area contributed by atoms with Crippen molar-refractivity contribution in [1.29, 1.82) is 0 Å². The molecule has 98 valence electrons. The third-order valence-electron chi connectivity index (χ3n) is 2.61. The summed E-state index contributed by atoms with van der Waals surface area (Å²) in [6, 6.07) is 7.59. The summed E-state index contributed by atoms with van der Waals surface area (Å²) in [5.74, 6) is -0.232. The molecule has 1 heterocycles. The third-order valence-corrected chi connectivity index (χ3v) is 2.61. The molecule has 0 aliphatic heterocycles. The lowest BCUT2D eigenvalue weighted by Crippen LogP contribution is -2.35. The summed E-state index contributed by atoms with van der Waals surface area (Å²) in [6.45, 7) is 0.161. The smallest absolute Gasteiger partial charge is 0.254 e. The van der Waals surface area contributed by atoms with Gasteiger partial charge in [-0.15, -0.1) is 12.4 Å². The number of ether oxygens (including phenoxy) is 1. The van der Waals surface area contributed by atoms with Gasteiger partial charge >= 0.3 is 0 Å². The van der Waals surface area contributed by atoms with Gasteiger partial charge in [0.1, 0.15) is 6.10 Å². The van der Waals surface area contributed by atoms with E-state index in [0.29, 0.717) is 0 Å². The van der Waals surface area contributed by atoms with Crippen molar-refractivity contribution in [2.75, 3.05) is 19.0 Å². The van der Waals surface area contributed by atoms with Gasteiger partial charge in [0.25, 0.3) is 5.91 Å². The van der Waals surface area contributed by atoms with Crippen LogP contribution in [0.1, 0.15) is 0 Å². The quantitative estimate of drug-likeness (QED) is 0.787. The number of methoxy groups -OCH3 is 1. The zero-order valence-corrected chi connectivity index (χ0v) is 10.8. The molecule has 1 aromatic heterocycles. The highest BCUT2D eigenvalue weighted by Gasteiger charge is 2.15. The van der Waals surface area contributed by atoms with Crippen LogP contribution in [-0.4, -0.2) is 30.6 Å². The van der Waals surface area contributed by atoms with Crippen molar-refractivity contribution in [1.82, 2.24) is 4.98 Å². The van der Waals surface area contributed by atoms with E-state index in [2.05, 4.69) is 10.3 Å². The number of hydrogen-bond donors (Lipinski definition) is 3. The Morgan fingerprint density at radius 3 is 2.94 bits per heavy atom. The SMILES string of the molecule is COC(CN)C(=O)Nc1ccc2[nH]ccc2c1.Cl. The van der Waals surface area contributed by atoms with E-state index in [1.54, 1.807) is 0 Å². The molecule has 2 aromatic rings. The van der Waals surface area contributed by atoms with Crippen molar-refractivity contribution in [3.8, 4) is 0 Å². The average Bonchev–Trinajstić information content (AvgIpc) is 2.77. The van der Waals surface area contributed by atoms with Gasteiger partial charge in [0.15, 0.2) is 0 Å². The first kappa shape index (κ1) is 14.5. The molecule has 0 saturated carbocycles. The molecule has 18 heavy (non-hydrogen) atoms. The standard InChI is InChI=1S/C12H15N3O2.ClH/c1-17-11(7-13)12(16)15-9-2-3-10-8(6-9)4-5-14-10;/h2-6,11,14H,7,13H2,1H3,(H,15,16);1H. The molecule has 4 N–H and O–H groups in total. The number of anilines is 1. The molecule has 0 radical (unpaired) electrons. The number of benzene rings is 1. The first-order chi connectivity index (χ1) is 8.24. The Morgan fingerprint density at radius 2 is 2.28 bits per heavy atom. The molecule has 5 nitrogen and oxygen atoms in total. The highest BCUT2D eigenvalue weighted by atomic mass is 35.5. The van der Waals surface area contributed by atoms with Gasteiger partial charge in [-0.05, 0) is 24.3 Å². The number of halogens is 1. The number of nitrogens with one attached hydrogen (secondary N) is 2. The predicted octanol–water partition coefficient (Wildman–Crippen LogP) is 1.50. The molecule has 0 aliphatic rings. The number of aromatic nitrogens is 1. The number of H-pyrrole nitrogens is 1. The minimum Gasteiger partial charge on any atom is -0.370 e. The molecule has 0 saturated heterocycles. The van der Waals surface area contributed by atoms with Crippen LogP contribution >= 0.6 is 12.4 Å². The third kappa shape index (κ3) is 3.01. The Balaban J connectivity index is 0.00000162. The van der Waals surface area contributed by atoms with E-state index >= 15 is 0 Å².